The minimum absolute atomic E-state index is 0.213. The molecule has 1 aliphatic rings. The average Bonchev–Trinajstić information content (AvgIpc) is 2.96. The third-order valence-electron chi connectivity index (χ3n) is 3.71. The Balaban J connectivity index is 1.59. The molecule has 3 rings (SSSR count). The minimum atomic E-state index is -0.311. The number of hydrogen-bond acceptors (Lipinski definition) is 5. The van der Waals surface area contributed by atoms with Crippen LogP contribution in [0.25, 0.3) is 0 Å². The third-order valence-corrected chi connectivity index (χ3v) is 3.71. The number of aromatic nitrogens is 2. The van der Waals surface area contributed by atoms with Gasteiger partial charge in [-0.25, -0.2) is 0 Å². The first-order valence-electron chi connectivity index (χ1n) is 7.35. The largest absolute Gasteiger partial charge is 0.396 e. The summed E-state index contributed by atoms with van der Waals surface area (Å²) in [5.74, 6) is -0.311. The van der Waals surface area contributed by atoms with Gasteiger partial charge in [-0.15, -0.1) is 0 Å². The Bertz CT molecular complexity index is 630. The van der Waals surface area contributed by atoms with Crippen molar-refractivity contribution in [1.82, 2.24) is 20.4 Å². The number of amides is 1. The number of carbonyl (C=O) groups is 1. The molecule has 1 saturated heterocycles. The summed E-state index contributed by atoms with van der Waals surface area (Å²) in [6, 6.07) is 7.87. The number of nitrogen functional groups attached to an aromatic ring is 1. The van der Waals surface area contributed by atoms with Crippen LogP contribution in [0.1, 0.15) is 16.1 Å². The molecule has 0 unspecified atom stereocenters. The Morgan fingerprint density at radius 1 is 1.27 bits per heavy atom. The van der Waals surface area contributed by atoms with Crippen molar-refractivity contribution in [3.8, 4) is 0 Å². The molecule has 7 nitrogen and oxygen atoms in total. The van der Waals surface area contributed by atoms with E-state index in [4.69, 9.17) is 5.73 Å². The monoisotopic (exact) mass is 300 g/mol. The van der Waals surface area contributed by atoms with Gasteiger partial charge in [0.25, 0.3) is 5.91 Å². The van der Waals surface area contributed by atoms with Gasteiger partial charge in [-0.2, -0.15) is 5.10 Å². The normalized spacial score (nSPS) is 15.6. The highest BCUT2D eigenvalue weighted by Crippen LogP contribution is 2.14. The lowest BCUT2D eigenvalue weighted by Crippen LogP contribution is -2.42. The van der Waals surface area contributed by atoms with Gasteiger partial charge in [-0.05, 0) is 17.7 Å². The molecule has 1 aliphatic heterocycles. The van der Waals surface area contributed by atoms with Crippen LogP contribution in [0.2, 0.25) is 0 Å². The lowest BCUT2D eigenvalue weighted by atomic mass is 10.2. The van der Waals surface area contributed by atoms with E-state index in [1.165, 1.54) is 11.8 Å². The van der Waals surface area contributed by atoms with E-state index >= 15 is 0 Å². The number of hydrogen-bond donors (Lipinski definition) is 4. The number of carbonyl (C=O) groups excluding carboxylic acids is 1. The topological polar surface area (TPSA) is 99.1 Å². The lowest BCUT2D eigenvalue weighted by Gasteiger charge is -2.27. The summed E-state index contributed by atoms with van der Waals surface area (Å²) in [6.07, 6.45) is 1.49. The molecule has 22 heavy (non-hydrogen) atoms. The number of nitrogens with two attached hydrogens (primary N) is 1. The Labute approximate surface area is 128 Å². The summed E-state index contributed by atoms with van der Waals surface area (Å²) < 4.78 is 0. The lowest BCUT2D eigenvalue weighted by molar-refractivity contribution is 0.102. The quantitative estimate of drug-likeness (QED) is 0.664. The van der Waals surface area contributed by atoms with Gasteiger partial charge in [0, 0.05) is 44.6 Å². The highest BCUT2D eigenvalue weighted by molar-refractivity contribution is 6.06. The van der Waals surface area contributed by atoms with Crippen molar-refractivity contribution in [1.29, 1.82) is 0 Å². The van der Waals surface area contributed by atoms with Gasteiger partial charge in [-0.1, -0.05) is 12.1 Å². The summed E-state index contributed by atoms with van der Waals surface area (Å²) in [5.41, 5.74) is 8.18. The first kappa shape index (κ1) is 14.6. The Morgan fingerprint density at radius 3 is 2.64 bits per heavy atom. The maximum Gasteiger partial charge on any atom is 0.278 e. The number of H-pyrrole nitrogens is 1. The zero-order valence-electron chi connectivity index (χ0n) is 12.3. The molecule has 1 aromatic carbocycles. The van der Waals surface area contributed by atoms with Gasteiger partial charge in [0.05, 0.1) is 5.69 Å². The van der Waals surface area contributed by atoms with Crippen LogP contribution in [0.4, 0.5) is 11.4 Å². The molecule has 5 N–H and O–H groups in total. The molecule has 1 fully saturated rings. The first-order chi connectivity index (χ1) is 10.7. The number of piperazine rings is 1. The van der Waals surface area contributed by atoms with Gasteiger partial charge >= 0.3 is 0 Å². The molecule has 0 atom stereocenters. The van der Waals surface area contributed by atoms with Crippen molar-refractivity contribution in [3.63, 3.8) is 0 Å². The maximum atomic E-state index is 12.0. The van der Waals surface area contributed by atoms with Crippen molar-refractivity contribution in [2.75, 3.05) is 37.2 Å². The van der Waals surface area contributed by atoms with Crippen molar-refractivity contribution < 1.29 is 4.79 Å². The Hall–Kier alpha value is -2.38. The predicted octanol–water partition coefficient (Wildman–Crippen LogP) is 0.649. The smallest absolute Gasteiger partial charge is 0.278 e. The number of benzene rings is 1. The van der Waals surface area contributed by atoms with Crippen molar-refractivity contribution in [3.05, 3.63) is 41.7 Å². The van der Waals surface area contributed by atoms with E-state index in [0.29, 0.717) is 5.69 Å². The van der Waals surface area contributed by atoms with Gasteiger partial charge < -0.3 is 16.4 Å². The van der Waals surface area contributed by atoms with Crippen LogP contribution >= 0.6 is 0 Å². The van der Waals surface area contributed by atoms with Gasteiger partial charge in [-0.3, -0.25) is 14.8 Å². The number of rotatable bonds is 4. The molecule has 0 aliphatic carbocycles. The van der Waals surface area contributed by atoms with Crippen LogP contribution in [0, 0.1) is 0 Å². The van der Waals surface area contributed by atoms with Crippen LogP contribution in [-0.2, 0) is 6.54 Å². The number of nitrogens with zero attached hydrogens (tertiary/aromatic N) is 2. The molecule has 0 bridgehead atoms. The number of aromatic amines is 1. The van der Waals surface area contributed by atoms with Crippen molar-refractivity contribution >= 4 is 17.3 Å². The van der Waals surface area contributed by atoms with Crippen LogP contribution in [0.15, 0.2) is 30.5 Å². The summed E-state index contributed by atoms with van der Waals surface area (Å²) in [7, 11) is 0. The van der Waals surface area contributed by atoms with E-state index in [9.17, 15) is 4.79 Å². The van der Waals surface area contributed by atoms with E-state index in [0.717, 1.165) is 38.4 Å². The molecule has 1 aromatic heterocycles. The highest BCUT2D eigenvalue weighted by atomic mass is 16.2. The van der Waals surface area contributed by atoms with Gasteiger partial charge in [0.1, 0.15) is 0 Å². The van der Waals surface area contributed by atoms with E-state index in [1.54, 1.807) is 0 Å². The number of nitrogens with one attached hydrogen (secondary N) is 3. The van der Waals surface area contributed by atoms with E-state index in [-0.39, 0.29) is 11.6 Å². The van der Waals surface area contributed by atoms with Gasteiger partial charge in [0.2, 0.25) is 0 Å². The van der Waals surface area contributed by atoms with E-state index < -0.39 is 0 Å². The first-order valence-corrected chi connectivity index (χ1v) is 7.35. The van der Waals surface area contributed by atoms with Crippen LogP contribution < -0.4 is 16.4 Å². The SMILES string of the molecule is Nc1c[nH]nc1C(=O)Nc1ccc(CN2CCNCC2)cc1. The van der Waals surface area contributed by atoms with Crippen LogP contribution in [-0.4, -0.2) is 47.2 Å². The fraction of sp³-hybridized carbons (Fsp3) is 0.333. The summed E-state index contributed by atoms with van der Waals surface area (Å²) in [6.45, 7) is 5.15. The molecule has 0 spiro atoms. The highest BCUT2D eigenvalue weighted by Gasteiger charge is 2.13. The second-order valence-electron chi connectivity index (χ2n) is 5.37. The summed E-state index contributed by atoms with van der Waals surface area (Å²) in [4.78, 5) is 14.4. The van der Waals surface area contributed by atoms with Crippen LogP contribution in [0.3, 0.4) is 0 Å². The van der Waals surface area contributed by atoms with Crippen LogP contribution in [0.5, 0.6) is 0 Å². The molecule has 116 valence electrons. The molecule has 0 radical (unpaired) electrons. The second-order valence-corrected chi connectivity index (χ2v) is 5.37. The zero-order valence-corrected chi connectivity index (χ0v) is 12.3. The molecular formula is C15H20N6O. The fourth-order valence-electron chi connectivity index (χ4n) is 2.49. The minimum Gasteiger partial charge on any atom is -0.396 e. The molecule has 7 heteroatoms. The van der Waals surface area contributed by atoms with Crippen molar-refractivity contribution in [2.45, 2.75) is 6.54 Å². The number of anilines is 2. The second kappa shape index (κ2) is 6.59. The standard InChI is InChI=1S/C15H20N6O/c16-13-9-18-20-14(13)15(22)19-12-3-1-11(2-4-12)10-21-7-5-17-6-8-21/h1-4,9,17H,5-8,10,16H2,(H,18,20)(H,19,22). The average molecular weight is 300 g/mol. The predicted molar refractivity (Wildman–Crippen MR) is 85.5 cm³/mol. The summed E-state index contributed by atoms with van der Waals surface area (Å²) in [5, 5.41) is 12.5. The maximum absolute atomic E-state index is 12.0. The molecular weight excluding hydrogens is 280 g/mol. The van der Waals surface area contributed by atoms with Gasteiger partial charge in [0.15, 0.2) is 5.69 Å². The molecule has 1 amide bonds. The Morgan fingerprint density at radius 2 is 2.00 bits per heavy atom. The molecule has 2 heterocycles. The van der Waals surface area contributed by atoms with E-state index in [1.807, 2.05) is 24.3 Å². The van der Waals surface area contributed by atoms with E-state index in [2.05, 4.69) is 25.7 Å². The third kappa shape index (κ3) is 3.44. The Kier molecular flexibility index (Phi) is 4.36. The molecule has 2 aromatic rings. The summed E-state index contributed by atoms with van der Waals surface area (Å²) >= 11 is 0. The fourth-order valence-corrected chi connectivity index (χ4v) is 2.49. The van der Waals surface area contributed by atoms with Crippen molar-refractivity contribution in [2.24, 2.45) is 0 Å². The zero-order chi connectivity index (χ0) is 15.4. The molecule has 0 saturated carbocycles.